The maximum Gasteiger partial charge on any atom is 0.255 e. The summed E-state index contributed by atoms with van der Waals surface area (Å²) in [5, 5.41) is 8.40. The standard InChI is InChI=1S/C15H19N3OS/c1-11-8-12(2)18(16-11)9-14-4-3-6-17(14)15(19)13-5-7-20-10-13/h5,7-8,10,14H,3-4,6,9H2,1-2H3/t14-/m0/s1. The zero-order chi connectivity index (χ0) is 14.1. The fourth-order valence-electron chi connectivity index (χ4n) is 2.90. The molecule has 0 aliphatic carbocycles. The van der Waals surface area contributed by atoms with Crippen molar-refractivity contribution in [2.75, 3.05) is 6.54 Å². The van der Waals surface area contributed by atoms with Gasteiger partial charge in [0.25, 0.3) is 5.91 Å². The largest absolute Gasteiger partial charge is 0.334 e. The summed E-state index contributed by atoms with van der Waals surface area (Å²) in [7, 11) is 0. The Morgan fingerprint density at radius 2 is 2.35 bits per heavy atom. The molecule has 1 aliphatic rings. The third-order valence-corrected chi connectivity index (χ3v) is 4.58. The Kier molecular flexibility index (Phi) is 3.61. The molecule has 106 valence electrons. The van der Waals surface area contributed by atoms with Gasteiger partial charge in [-0.1, -0.05) is 0 Å². The lowest BCUT2D eigenvalue weighted by molar-refractivity contribution is 0.0721. The van der Waals surface area contributed by atoms with Crippen LogP contribution in [0.3, 0.4) is 0 Å². The van der Waals surface area contributed by atoms with Gasteiger partial charge in [0, 0.05) is 17.6 Å². The summed E-state index contributed by atoms with van der Waals surface area (Å²) in [6.45, 7) is 5.74. The maximum absolute atomic E-state index is 12.5. The molecule has 4 nitrogen and oxygen atoms in total. The number of nitrogens with zero attached hydrogens (tertiary/aromatic N) is 3. The average Bonchev–Trinajstić information content (AvgIpc) is 3.12. The highest BCUT2D eigenvalue weighted by molar-refractivity contribution is 7.08. The minimum atomic E-state index is 0.162. The van der Waals surface area contributed by atoms with Gasteiger partial charge in [0.05, 0.1) is 23.8 Å². The first-order chi connectivity index (χ1) is 9.65. The van der Waals surface area contributed by atoms with E-state index in [4.69, 9.17) is 0 Å². The molecule has 0 unspecified atom stereocenters. The van der Waals surface area contributed by atoms with Crippen molar-refractivity contribution in [1.82, 2.24) is 14.7 Å². The van der Waals surface area contributed by atoms with Crippen LogP contribution in [0, 0.1) is 13.8 Å². The minimum absolute atomic E-state index is 0.162. The average molecular weight is 289 g/mol. The van der Waals surface area contributed by atoms with E-state index in [2.05, 4.69) is 18.1 Å². The molecule has 1 fully saturated rings. The van der Waals surface area contributed by atoms with Crippen LogP contribution < -0.4 is 0 Å². The Bertz CT molecular complexity index is 603. The lowest BCUT2D eigenvalue weighted by Gasteiger charge is -2.24. The van der Waals surface area contributed by atoms with Gasteiger partial charge in [-0.2, -0.15) is 16.4 Å². The van der Waals surface area contributed by atoms with E-state index < -0.39 is 0 Å². The molecular formula is C15H19N3OS. The molecule has 3 heterocycles. The van der Waals surface area contributed by atoms with E-state index in [1.54, 1.807) is 11.3 Å². The van der Waals surface area contributed by atoms with E-state index in [9.17, 15) is 4.79 Å². The molecule has 2 aromatic heterocycles. The number of carbonyl (C=O) groups is 1. The van der Waals surface area contributed by atoms with Gasteiger partial charge < -0.3 is 4.90 Å². The second-order valence-corrected chi connectivity index (χ2v) is 6.20. The quantitative estimate of drug-likeness (QED) is 0.871. The van der Waals surface area contributed by atoms with Gasteiger partial charge >= 0.3 is 0 Å². The van der Waals surface area contributed by atoms with E-state index in [0.29, 0.717) is 0 Å². The molecule has 0 N–H and O–H groups in total. The molecule has 5 heteroatoms. The zero-order valence-corrected chi connectivity index (χ0v) is 12.7. The van der Waals surface area contributed by atoms with Crippen molar-refractivity contribution in [1.29, 1.82) is 0 Å². The molecule has 0 radical (unpaired) electrons. The van der Waals surface area contributed by atoms with Gasteiger partial charge in [0.15, 0.2) is 0 Å². The van der Waals surface area contributed by atoms with Crippen molar-refractivity contribution in [2.45, 2.75) is 39.3 Å². The number of hydrogen-bond acceptors (Lipinski definition) is 3. The number of amides is 1. The number of rotatable bonds is 3. The molecule has 3 rings (SSSR count). The molecule has 1 aliphatic heterocycles. The number of thiophene rings is 1. The molecule has 0 saturated carbocycles. The van der Waals surface area contributed by atoms with E-state index in [-0.39, 0.29) is 11.9 Å². The summed E-state index contributed by atoms with van der Waals surface area (Å²) in [6.07, 6.45) is 2.15. The van der Waals surface area contributed by atoms with Crippen LogP contribution in [0.5, 0.6) is 0 Å². The lowest BCUT2D eigenvalue weighted by Crippen LogP contribution is -2.38. The van der Waals surface area contributed by atoms with Crippen molar-refractivity contribution < 1.29 is 4.79 Å². The van der Waals surface area contributed by atoms with Crippen molar-refractivity contribution in [3.8, 4) is 0 Å². The number of likely N-dealkylation sites (tertiary alicyclic amines) is 1. The molecule has 1 atom stereocenters. The van der Waals surface area contributed by atoms with E-state index in [1.165, 1.54) is 0 Å². The maximum atomic E-state index is 12.5. The van der Waals surface area contributed by atoms with Crippen LogP contribution in [0.1, 0.15) is 34.6 Å². The highest BCUT2D eigenvalue weighted by Crippen LogP contribution is 2.22. The summed E-state index contributed by atoms with van der Waals surface area (Å²) >= 11 is 1.57. The van der Waals surface area contributed by atoms with Crippen molar-refractivity contribution in [2.24, 2.45) is 0 Å². The monoisotopic (exact) mass is 289 g/mol. The SMILES string of the molecule is Cc1cc(C)n(C[C@@H]2CCCN2C(=O)c2ccsc2)n1. The predicted octanol–water partition coefficient (Wildman–Crippen LogP) is 2.87. The summed E-state index contributed by atoms with van der Waals surface area (Å²) in [6, 6.07) is 4.26. The van der Waals surface area contributed by atoms with Crippen molar-refractivity contribution >= 4 is 17.2 Å². The first-order valence-electron chi connectivity index (χ1n) is 6.99. The number of hydrogen-bond donors (Lipinski definition) is 0. The molecule has 1 saturated heterocycles. The van der Waals surface area contributed by atoms with Gasteiger partial charge in [-0.15, -0.1) is 0 Å². The molecule has 0 bridgehead atoms. The van der Waals surface area contributed by atoms with E-state index in [1.807, 2.05) is 33.3 Å². The van der Waals surface area contributed by atoms with Crippen LogP contribution in [0.15, 0.2) is 22.9 Å². The van der Waals surface area contributed by atoms with Crippen LogP contribution in [-0.4, -0.2) is 33.2 Å². The van der Waals surface area contributed by atoms with Gasteiger partial charge in [-0.05, 0) is 44.2 Å². The first kappa shape index (κ1) is 13.4. The molecule has 20 heavy (non-hydrogen) atoms. The fourth-order valence-corrected chi connectivity index (χ4v) is 3.53. The molecule has 1 amide bonds. The number of aromatic nitrogens is 2. The fraction of sp³-hybridized carbons (Fsp3) is 0.467. The second kappa shape index (κ2) is 5.40. The smallest absolute Gasteiger partial charge is 0.255 e. The first-order valence-corrected chi connectivity index (χ1v) is 7.93. The molecular weight excluding hydrogens is 270 g/mol. The number of carbonyl (C=O) groups excluding carboxylic acids is 1. The summed E-state index contributed by atoms with van der Waals surface area (Å²) < 4.78 is 2.03. The zero-order valence-electron chi connectivity index (χ0n) is 11.9. The second-order valence-electron chi connectivity index (χ2n) is 5.42. The van der Waals surface area contributed by atoms with Crippen LogP contribution in [0.4, 0.5) is 0 Å². The third kappa shape index (κ3) is 2.50. The van der Waals surface area contributed by atoms with Gasteiger partial charge in [-0.25, -0.2) is 0 Å². The Labute approximate surface area is 123 Å². The highest BCUT2D eigenvalue weighted by Gasteiger charge is 2.30. The van der Waals surface area contributed by atoms with Crippen LogP contribution in [0.25, 0.3) is 0 Å². The highest BCUT2D eigenvalue weighted by atomic mass is 32.1. The summed E-state index contributed by atoms with van der Waals surface area (Å²) in [5.74, 6) is 0.162. The van der Waals surface area contributed by atoms with Crippen LogP contribution >= 0.6 is 11.3 Å². The van der Waals surface area contributed by atoms with E-state index in [0.717, 1.165) is 42.9 Å². The molecule has 2 aromatic rings. The Morgan fingerprint density at radius 3 is 3.00 bits per heavy atom. The number of aryl methyl sites for hydroxylation is 2. The van der Waals surface area contributed by atoms with Crippen LogP contribution in [0.2, 0.25) is 0 Å². The Morgan fingerprint density at radius 1 is 1.50 bits per heavy atom. The Hall–Kier alpha value is -1.62. The minimum Gasteiger partial charge on any atom is -0.334 e. The summed E-state index contributed by atoms with van der Waals surface area (Å²) in [4.78, 5) is 14.5. The molecule has 0 aromatic carbocycles. The Balaban J connectivity index is 1.76. The van der Waals surface area contributed by atoms with Gasteiger partial charge in [0.2, 0.25) is 0 Å². The van der Waals surface area contributed by atoms with Crippen LogP contribution in [-0.2, 0) is 6.54 Å². The van der Waals surface area contributed by atoms with Gasteiger partial charge in [-0.3, -0.25) is 9.48 Å². The van der Waals surface area contributed by atoms with Crippen molar-refractivity contribution in [3.63, 3.8) is 0 Å². The topological polar surface area (TPSA) is 38.1 Å². The van der Waals surface area contributed by atoms with E-state index >= 15 is 0 Å². The van der Waals surface area contributed by atoms with Crippen molar-refractivity contribution in [3.05, 3.63) is 39.8 Å². The lowest BCUT2D eigenvalue weighted by atomic mass is 10.2. The van der Waals surface area contributed by atoms with Gasteiger partial charge in [0.1, 0.15) is 0 Å². The third-order valence-electron chi connectivity index (χ3n) is 3.89. The summed E-state index contributed by atoms with van der Waals surface area (Å²) in [5.41, 5.74) is 3.02. The normalized spacial score (nSPS) is 18.7. The molecule has 0 spiro atoms. The predicted molar refractivity (Wildman–Crippen MR) is 80.1 cm³/mol.